The van der Waals surface area contributed by atoms with Gasteiger partial charge < -0.3 is 115 Å². The van der Waals surface area contributed by atoms with Crippen LogP contribution in [0.3, 0.4) is 0 Å². The van der Waals surface area contributed by atoms with Gasteiger partial charge in [0.2, 0.25) is 0 Å². The molecular formula is H60O28Si29. The monoisotopic (exact) mass is 1320 g/mol. The maximum Gasteiger partial charge on any atom is 0.286 e. The first-order chi connectivity index (χ1) is 28.4. The van der Waals surface area contributed by atoms with Crippen molar-refractivity contribution in [2.45, 2.75) is 0 Å². The summed E-state index contributed by atoms with van der Waals surface area (Å²) in [7, 11) is -25.8. The van der Waals surface area contributed by atoms with Gasteiger partial charge in [0.15, 0.2) is 0 Å². The van der Waals surface area contributed by atoms with Gasteiger partial charge in [0.05, 0.1) is 0 Å². The zero-order chi connectivity index (χ0) is 40.9. The molecule has 344 valence electrons. The molecule has 0 heterocycles. The third-order valence-electron chi connectivity index (χ3n) is 4.57. The molecule has 0 saturated carbocycles. The summed E-state index contributed by atoms with van der Waals surface area (Å²) in [5.41, 5.74) is 0. The van der Waals surface area contributed by atoms with Crippen molar-refractivity contribution in [3.05, 3.63) is 0 Å². The van der Waals surface area contributed by atoms with Crippen LogP contribution >= 0.6 is 0 Å². The second kappa shape index (κ2) is 61.2. The van der Waals surface area contributed by atoms with Gasteiger partial charge in [0.1, 0.15) is 21.0 Å². The molecule has 0 aliphatic carbocycles. The maximum atomic E-state index is 5.52. The average Bonchev–Trinajstić information content (AvgIpc) is 3.22. The lowest BCUT2D eigenvalue weighted by molar-refractivity contribution is 0.353. The third-order valence-corrected chi connectivity index (χ3v) is 41.1. The summed E-state index contributed by atoms with van der Waals surface area (Å²) in [6.45, 7) is 0. The van der Waals surface area contributed by atoms with E-state index in [1.165, 1.54) is 0 Å². The summed E-state index contributed by atoms with van der Waals surface area (Å²) in [6, 6.07) is 0. The molecule has 0 aliphatic rings. The zero-order valence-corrected chi connectivity index (χ0v) is 74.7. The Morgan fingerprint density at radius 1 is 0.123 bits per heavy atom. The Hall–Kier alpha value is 5.17. The van der Waals surface area contributed by atoms with Crippen LogP contribution in [0.1, 0.15) is 0 Å². The normalized spacial score (nSPS) is 17.5. The fraction of sp³-hybridized carbons (Fsp3) is 0. The largest absolute Gasteiger partial charge is 0.449 e. The molecule has 57 heavy (non-hydrogen) atoms. The van der Waals surface area contributed by atoms with Gasteiger partial charge >= 0.3 is 0 Å². The van der Waals surface area contributed by atoms with Crippen LogP contribution in [-0.2, 0) is 115 Å². The summed E-state index contributed by atoms with van der Waals surface area (Å²) in [5.74, 6) is 0. The fourth-order valence-electron chi connectivity index (χ4n) is 2.52. The van der Waals surface area contributed by atoms with Crippen LogP contribution < -0.4 is 0 Å². The average molecular weight is 1320 g/mol. The standard InChI is InChI=1S/H60O28Si29/c29-1-31-3-33-5-35-7-37-9-39-11-41-13-43-15-45-17-47-19-49-21-51-23-53-25-55-27-57-28-56-26-54-24-52-22-50-20-48-18-46-16-44-14-42-12-40-10-38-8-36-6-34-4-32-2-30/h31-57H2,29-30H3. The molecular weight excluding hydrogens is 1260 g/mol. The summed E-state index contributed by atoms with van der Waals surface area (Å²) < 4.78 is 152. The molecule has 28 nitrogen and oxygen atoms in total. The van der Waals surface area contributed by atoms with Gasteiger partial charge in [-0.3, -0.25) is 0 Å². The Bertz CT molecular complexity index is 639. The fourth-order valence-corrected chi connectivity index (χ4v) is 52.2. The molecule has 0 radical (unpaired) electrons. The Kier molecular flexibility index (Phi) is 66.7. The van der Waals surface area contributed by atoms with Gasteiger partial charge in [-0.15, -0.1) is 0 Å². The highest BCUT2D eigenvalue weighted by Gasteiger charge is 2.01. The summed E-state index contributed by atoms with van der Waals surface area (Å²) in [5, 5.41) is 0. The SMILES string of the molecule is [SiH3]O[SiH2]O[SiH2]O[SiH2]O[SiH2]O[SiH2]O[SiH2]O[SiH2]O[SiH2]O[SiH2]O[SiH2]O[SiH2]O[SiH2]O[SiH2]O[SiH2]O[SiH2]O[SiH2]O[SiH2]O[SiH2]O[SiH2]O[SiH2]O[SiH2]O[SiH2]O[SiH2]O[SiH2]O[SiH2]O[SiH2]O[SiH2]O[SiH3]. The maximum absolute atomic E-state index is 5.52. The molecule has 0 aliphatic heterocycles. The van der Waals surface area contributed by atoms with Crippen LogP contribution in [0.2, 0.25) is 0 Å². The molecule has 0 spiro atoms. The van der Waals surface area contributed by atoms with E-state index in [4.69, 9.17) is 115 Å². The lowest BCUT2D eigenvalue weighted by atomic mass is 15.7. The van der Waals surface area contributed by atoms with Gasteiger partial charge in [-0.25, -0.2) is 0 Å². The number of hydrogen-bond donors (Lipinski definition) is 0. The van der Waals surface area contributed by atoms with Crippen molar-refractivity contribution in [2.75, 3.05) is 0 Å². The minimum absolute atomic E-state index is 0.730. The van der Waals surface area contributed by atoms with E-state index >= 15 is 0 Å². The predicted octanol–water partition coefficient (Wildman–Crippen LogP) is -29.0. The lowest BCUT2D eigenvalue weighted by Crippen LogP contribution is -2.23. The predicted molar refractivity (Wildman–Crippen MR) is 281 cm³/mol. The van der Waals surface area contributed by atoms with Crippen molar-refractivity contribution < 1.29 is 115 Å². The number of rotatable bonds is 54. The summed E-state index contributed by atoms with van der Waals surface area (Å²) in [4.78, 5) is 0. The second-order valence-corrected chi connectivity index (χ2v) is 62.5. The van der Waals surface area contributed by atoms with Crippen LogP contribution in [0, 0.1) is 0 Å². The van der Waals surface area contributed by atoms with E-state index in [9.17, 15) is 0 Å². The van der Waals surface area contributed by atoms with E-state index in [0.717, 1.165) is 21.0 Å². The molecule has 0 amide bonds. The topological polar surface area (TPSA) is 258 Å². The quantitative estimate of drug-likeness (QED) is 0.0405. The molecule has 0 fully saturated rings. The van der Waals surface area contributed by atoms with E-state index in [2.05, 4.69) is 0 Å². The zero-order valence-electron chi connectivity index (χ0n) is 32.5. The third kappa shape index (κ3) is 61.2. The summed E-state index contributed by atoms with van der Waals surface area (Å²) >= 11 is 0. The minimum atomic E-state index is -1.07. The molecule has 0 bridgehead atoms. The van der Waals surface area contributed by atoms with Crippen molar-refractivity contribution in [2.24, 2.45) is 0 Å². The van der Waals surface area contributed by atoms with E-state index in [1.54, 1.807) is 0 Å². The molecule has 0 aromatic rings. The van der Waals surface area contributed by atoms with Crippen LogP contribution in [0.5, 0.6) is 0 Å². The van der Waals surface area contributed by atoms with Crippen LogP contribution in [0.15, 0.2) is 0 Å². The van der Waals surface area contributed by atoms with Gasteiger partial charge in [0, 0.05) is 0 Å². The molecule has 57 heteroatoms. The molecule has 0 aromatic carbocycles. The number of hydrogen-bond acceptors (Lipinski definition) is 28. The molecule has 0 rings (SSSR count). The highest BCUT2D eigenvalue weighted by molar-refractivity contribution is 6.53. The van der Waals surface area contributed by atoms with Crippen LogP contribution in [0.4, 0.5) is 0 Å². The van der Waals surface area contributed by atoms with Crippen LogP contribution in [0.25, 0.3) is 0 Å². The van der Waals surface area contributed by atoms with E-state index in [-0.39, 0.29) is 0 Å². The molecule has 0 N–H and O–H groups in total. The Balaban J connectivity index is 3.05. The van der Waals surface area contributed by atoms with Gasteiger partial charge in [-0.1, -0.05) is 0 Å². The van der Waals surface area contributed by atoms with Gasteiger partial charge in [-0.2, -0.15) is 0 Å². The second-order valence-electron chi connectivity index (χ2n) is 9.07. The molecule has 0 saturated heterocycles. The van der Waals surface area contributed by atoms with Gasteiger partial charge in [0.25, 0.3) is 270 Å². The molecule has 0 atom stereocenters. The highest BCUT2D eigenvalue weighted by atomic mass is 28.4. The van der Waals surface area contributed by atoms with Crippen molar-refractivity contribution >= 4 is 291 Å². The van der Waals surface area contributed by atoms with E-state index in [1.807, 2.05) is 0 Å². The first-order valence-corrected chi connectivity index (χ1v) is 49.2. The van der Waals surface area contributed by atoms with Crippen molar-refractivity contribution in [1.29, 1.82) is 0 Å². The Morgan fingerprint density at radius 2 is 0.193 bits per heavy atom. The molecule has 0 aromatic heterocycles. The van der Waals surface area contributed by atoms with Crippen molar-refractivity contribution in [3.63, 3.8) is 0 Å². The van der Waals surface area contributed by atoms with Gasteiger partial charge in [-0.05, 0) is 0 Å². The van der Waals surface area contributed by atoms with E-state index < -0.39 is 270 Å². The first-order valence-electron chi connectivity index (χ1n) is 16.4. The smallest absolute Gasteiger partial charge is 0.286 e. The first kappa shape index (κ1) is 62.2. The lowest BCUT2D eigenvalue weighted by Gasteiger charge is -2.10. The van der Waals surface area contributed by atoms with E-state index in [0.29, 0.717) is 0 Å². The van der Waals surface area contributed by atoms with Crippen molar-refractivity contribution in [1.82, 2.24) is 0 Å². The minimum Gasteiger partial charge on any atom is -0.449 e. The van der Waals surface area contributed by atoms with Crippen LogP contribution in [-0.4, -0.2) is 291 Å². The highest BCUT2D eigenvalue weighted by Crippen LogP contribution is 1.83. The van der Waals surface area contributed by atoms with Crippen molar-refractivity contribution in [3.8, 4) is 0 Å². The molecule has 0 unspecified atom stereocenters. The Morgan fingerprint density at radius 3 is 0.263 bits per heavy atom. The summed E-state index contributed by atoms with van der Waals surface area (Å²) in [6.07, 6.45) is 0. The Labute approximate surface area is 402 Å².